The molecule has 21 heavy (non-hydrogen) atoms. The van der Waals surface area contributed by atoms with Gasteiger partial charge in [-0.05, 0) is 49.1 Å². The number of anilines is 1. The van der Waals surface area contributed by atoms with Crippen molar-refractivity contribution in [2.45, 2.75) is 42.2 Å². The van der Waals surface area contributed by atoms with Crippen LogP contribution in [0, 0.1) is 0 Å². The van der Waals surface area contributed by atoms with Crippen molar-refractivity contribution in [3.63, 3.8) is 0 Å². The van der Waals surface area contributed by atoms with Crippen LogP contribution in [0.25, 0.3) is 0 Å². The Morgan fingerprint density at radius 3 is 3.00 bits per heavy atom. The van der Waals surface area contributed by atoms with Gasteiger partial charge in [-0.1, -0.05) is 12.5 Å². The number of sulfonamides is 1. The summed E-state index contributed by atoms with van der Waals surface area (Å²) < 4.78 is 27.6. The standard InChI is InChI=1S/C15H22N2O2S2/c18-21(19,17-11-13-5-1-2-9-20-13)14-7-6-12-4-3-8-16-15(12)10-14/h6-7,10,13,16-17H,1-5,8-9,11H2. The largest absolute Gasteiger partial charge is 0.385 e. The van der Waals surface area contributed by atoms with E-state index in [4.69, 9.17) is 0 Å². The van der Waals surface area contributed by atoms with Crippen LogP contribution in [0.15, 0.2) is 23.1 Å². The molecule has 2 aliphatic heterocycles. The Kier molecular flexibility index (Phi) is 4.76. The smallest absolute Gasteiger partial charge is 0.240 e. The van der Waals surface area contributed by atoms with Crippen molar-refractivity contribution < 1.29 is 8.42 Å². The number of hydrogen-bond acceptors (Lipinski definition) is 4. The molecule has 1 saturated heterocycles. The van der Waals surface area contributed by atoms with Crippen LogP contribution in [0.1, 0.15) is 31.2 Å². The third kappa shape index (κ3) is 3.73. The van der Waals surface area contributed by atoms with E-state index in [1.54, 1.807) is 12.1 Å². The fraction of sp³-hybridized carbons (Fsp3) is 0.600. The molecule has 1 fully saturated rings. The predicted molar refractivity (Wildman–Crippen MR) is 88.5 cm³/mol. The lowest BCUT2D eigenvalue weighted by atomic mass is 10.0. The lowest BCUT2D eigenvalue weighted by Gasteiger charge is -2.22. The topological polar surface area (TPSA) is 58.2 Å². The van der Waals surface area contributed by atoms with Crippen LogP contribution in [0.4, 0.5) is 5.69 Å². The summed E-state index contributed by atoms with van der Waals surface area (Å²) in [6.07, 6.45) is 5.70. The van der Waals surface area contributed by atoms with Gasteiger partial charge in [0.15, 0.2) is 0 Å². The van der Waals surface area contributed by atoms with Gasteiger partial charge in [0.05, 0.1) is 4.90 Å². The van der Waals surface area contributed by atoms with Crippen LogP contribution < -0.4 is 10.0 Å². The molecular formula is C15H22N2O2S2. The number of thioether (sulfide) groups is 1. The van der Waals surface area contributed by atoms with Gasteiger partial charge in [-0.2, -0.15) is 11.8 Å². The van der Waals surface area contributed by atoms with Gasteiger partial charge in [-0.25, -0.2) is 13.1 Å². The molecule has 4 nitrogen and oxygen atoms in total. The van der Waals surface area contributed by atoms with E-state index < -0.39 is 10.0 Å². The van der Waals surface area contributed by atoms with Crippen LogP contribution in [0.5, 0.6) is 0 Å². The van der Waals surface area contributed by atoms with E-state index in [1.165, 1.54) is 18.4 Å². The van der Waals surface area contributed by atoms with Crippen LogP contribution in [0.3, 0.4) is 0 Å². The van der Waals surface area contributed by atoms with E-state index in [9.17, 15) is 8.42 Å². The van der Waals surface area contributed by atoms with Crippen LogP contribution in [0.2, 0.25) is 0 Å². The molecule has 2 heterocycles. The zero-order chi connectivity index (χ0) is 14.7. The van der Waals surface area contributed by atoms with Gasteiger partial charge < -0.3 is 5.32 Å². The maximum Gasteiger partial charge on any atom is 0.240 e. The first-order valence-electron chi connectivity index (χ1n) is 7.63. The summed E-state index contributed by atoms with van der Waals surface area (Å²) in [7, 11) is -3.40. The van der Waals surface area contributed by atoms with Crippen molar-refractivity contribution in [1.29, 1.82) is 0 Å². The van der Waals surface area contributed by atoms with Crippen molar-refractivity contribution in [2.24, 2.45) is 0 Å². The van der Waals surface area contributed by atoms with Gasteiger partial charge >= 0.3 is 0 Å². The van der Waals surface area contributed by atoms with Crippen LogP contribution in [-0.2, 0) is 16.4 Å². The Morgan fingerprint density at radius 1 is 1.29 bits per heavy atom. The summed E-state index contributed by atoms with van der Waals surface area (Å²) in [6.45, 7) is 1.46. The molecule has 0 aliphatic carbocycles. The van der Waals surface area contributed by atoms with Gasteiger partial charge in [-0.15, -0.1) is 0 Å². The molecule has 0 aromatic heterocycles. The minimum Gasteiger partial charge on any atom is -0.385 e. The molecule has 1 aromatic carbocycles. The summed E-state index contributed by atoms with van der Waals surface area (Å²) in [4.78, 5) is 0.372. The summed E-state index contributed by atoms with van der Waals surface area (Å²) in [5.41, 5.74) is 2.18. The molecule has 0 spiro atoms. The third-order valence-electron chi connectivity index (χ3n) is 4.10. The first-order valence-corrected chi connectivity index (χ1v) is 10.2. The highest BCUT2D eigenvalue weighted by molar-refractivity contribution is 8.00. The van der Waals surface area contributed by atoms with Gasteiger partial charge in [0.1, 0.15) is 0 Å². The fourth-order valence-electron chi connectivity index (χ4n) is 2.86. The van der Waals surface area contributed by atoms with Crippen LogP contribution in [-0.4, -0.2) is 32.5 Å². The lowest BCUT2D eigenvalue weighted by Crippen LogP contribution is -2.32. The third-order valence-corrected chi connectivity index (χ3v) is 6.92. The van der Waals surface area contributed by atoms with Gasteiger partial charge in [0.25, 0.3) is 0 Å². The molecule has 1 aromatic rings. The molecule has 0 radical (unpaired) electrons. The highest BCUT2D eigenvalue weighted by Gasteiger charge is 2.20. The number of nitrogens with one attached hydrogen (secondary N) is 2. The van der Waals surface area contributed by atoms with E-state index in [0.29, 0.717) is 16.7 Å². The molecule has 0 saturated carbocycles. The van der Waals surface area contributed by atoms with Crippen molar-refractivity contribution in [1.82, 2.24) is 4.72 Å². The molecular weight excluding hydrogens is 304 g/mol. The van der Waals surface area contributed by atoms with E-state index in [2.05, 4.69) is 10.0 Å². The Balaban J connectivity index is 1.69. The molecule has 1 unspecified atom stereocenters. The normalized spacial score (nSPS) is 22.4. The minimum atomic E-state index is -3.40. The second kappa shape index (κ2) is 6.58. The van der Waals surface area contributed by atoms with E-state index >= 15 is 0 Å². The van der Waals surface area contributed by atoms with Crippen molar-refractivity contribution in [2.75, 3.05) is 24.2 Å². The Labute approximate surface area is 131 Å². The first kappa shape index (κ1) is 15.2. The number of rotatable bonds is 4. The average Bonchev–Trinajstić information content (AvgIpc) is 2.53. The maximum absolute atomic E-state index is 12.4. The summed E-state index contributed by atoms with van der Waals surface area (Å²) in [5, 5.41) is 3.70. The monoisotopic (exact) mass is 326 g/mol. The molecule has 0 amide bonds. The molecule has 2 N–H and O–H groups in total. The second-order valence-electron chi connectivity index (χ2n) is 5.69. The predicted octanol–water partition coefficient (Wildman–Crippen LogP) is 2.61. The van der Waals surface area contributed by atoms with E-state index in [0.717, 1.165) is 37.2 Å². The quantitative estimate of drug-likeness (QED) is 0.893. The average molecular weight is 326 g/mol. The van der Waals surface area contributed by atoms with Crippen molar-refractivity contribution >= 4 is 27.5 Å². The number of hydrogen-bond donors (Lipinski definition) is 2. The van der Waals surface area contributed by atoms with E-state index in [-0.39, 0.29) is 0 Å². The highest BCUT2D eigenvalue weighted by Crippen LogP contribution is 2.27. The van der Waals surface area contributed by atoms with E-state index in [1.807, 2.05) is 17.8 Å². The number of benzene rings is 1. The van der Waals surface area contributed by atoms with Crippen molar-refractivity contribution in [3.8, 4) is 0 Å². The van der Waals surface area contributed by atoms with Gasteiger partial charge in [0, 0.05) is 24.0 Å². The SMILES string of the molecule is O=S(=O)(NCC1CCCCS1)c1ccc2c(c1)NCCC2. The Hall–Kier alpha value is -0.720. The minimum absolute atomic E-state index is 0.372. The molecule has 6 heteroatoms. The van der Waals surface area contributed by atoms with Gasteiger partial charge in [-0.3, -0.25) is 0 Å². The zero-order valence-electron chi connectivity index (χ0n) is 12.1. The Bertz CT molecular complexity index is 596. The first-order chi connectivity index (χ1) is 10.1. The van der Waals surface area contributed by atoms with Crippen LogP contribution >= 0.6 is 11.8 Å². The maximum atomic E-state index is 12.4. The number of fused-ring (bicyclic) bond motifs is 1. The zero-order valence-corrected chi connectivity index (χ0v) is 13.7. The number of aryl methyl sites for hydroxylation is 1. The highest BCUT2D eigenvalue weighted by atomic mass is 32.2. The summed E-state index contributed by atoms with van der Waals surface area (Å²) >= 11 is 1.88. The fourth-order valence-corrected chi connectivity index (χ4v) is 5.31. The molecule has 2 aliphatic rings. The molecule has 0 bridgehead atoms. The molecule has 3 rings (SSSR count). The van der Waals surface area contributed by atoms with Crippen molar-refractivity contribution in [3.05, 3.63) is 23.8 Å². The lowest BCUT2D eigenvalue weighted by molar-refractivity contribution is 0.573. The Morgan fingerprint density at radius 2 is 2.19 bits per heavy atom. The summed E-state index contributed by atoms with van der Waals surface area (Å²) in [6, 6.07) is 5.43. The molecule has 1 atom stereocenters. The van der Waals surface area contributed by atoms with Gasteiger partial charge in [0.2, 0.25) is 10.0 Å². The summed E-state index contributed by atoms with van der Waals surface area (Å²) in [5.74, 6) is 1.15. The second-order valence-corrected chi connectivity index (χ2v) is 8.86. The molecule has 116 valence electrons.